The van der Waals surface area contributed by atoms with E-state index in [1.807, 2.05) is 64.6 Å². The Morgan fingerprint density at radius 3 is 2.07 bits per heavy atom. The molecule has 0 aliphatic heterocycles. The standard InChI is InChI=1S/C23H27N3O5.C10H13N3O/c1-4-31-20-11-9-16(15-21(20)30-3)19(27)10-12-22(28)25-23-24-17-7-5-6-8-18(17)26(23)13-14-29-2;1-14-7-6-13-9-5-3-2-4-8(9)12-10(13)11/h5-9,11,15H,4,10,12-14H2,1-3H3,(H,24,25,28);2-5H,6-7H2,1H3,(H2,11,12). The number of para-hydroxylation sites is 4. The minimum atomic E-state index is -0.278. The predicted molar refractivity (Wildman–Crippen MR) is 174 cm³/mol. The van der Waals surface area contributed by atoms with Crippen LogP contribution in [0, 0.1) is 0 Å². The van der Waals surface area contributed by atoms with E-state index in [1.165, 1.54) is 7.11 Å². The number of hydrogen-bond donors (Lipinski definition) is 2. The number of nitrogen functional groups attached to an aromatic ring is 1. The molecule has 45 heavy (non-hydrogen) atoms. The smallest absolute Gasteiger partial charge is 0.227 e. The molecule has 3 N–H and O–H groups in total. The molecule has 0 atom stereocenters. The number of nitrogens with zero attached hydrogens (tertiary/aromatic N) is 4. The van der Waals surface area contributed by atoms with Gasteiger partial charge in [-0.25, -0.2) is 9.97 Å². The van der Waals surface area contributed by atoms with Gasteiger partial charge in [-0.15, -0.1) is 0 Å². The highest BCUT2D eigenvalue weighted by atomic mass is 16.5. The van der Waals surface area contributed by atoms with Gasteiger partial charge in [-0.2, -0.15) is 0 Å². The Morgan fingerprint density at radius 2 is 1.42 bits per heavy atom. The van der Waals surface area contributed by atoms with Gasteiger partial charge in [0.2, 0.25) is 17.8 Å². The van der Waals surface area contributed by atoms with Crippen molar-refractivity contribution >= 4 is 45.7 Å². The molecule has 0 radical (unpaired) electrons. The van der Waals surface area contributed by atoms with Gasteiger partial charge in [-0.1, -0.05) is 24.3 Å². The summed E-state index contributed by atoms with van der Waals surface area (Å²) in [5.41, 5.74) is 9.95. The first-order valence-electron chi connectivity index (χ1n) is 14.7. The lowest BCUT2D eigenvalue weighted by atomic mass is 10.1. The van der Waals surface area contributed by atoms with Crippen molar-refractivity contribution in [1.29, 1.82) is 0 Å². The number of nitrogens with one attached hydrogen (secondary N) is 1. The lowest BCUT2D eigenvalue weighted by molar-refractivity contribution is -0.116. The van der Waals surface area contributed by atoms with Gasteiger partial charge in [-0.05, 0) is 49.4 Å². The number of ketones is 1. The maximum absolute atomic E-state index is 12.6. The molecular weight excluding hydrogens is 576 g/mol. The zero-order valence-electron chi connectivity index (χ0n) is 26.1. The van der Waals surface area contributed by atoms with Crippen molar-refractivity contribution in [2.24, 2.45) is 0 Å². The number of aromatic nitrogens is 4. The van der Waals surface area contributed by atoms with E-state index in [9.17, 15) is 9.59 Å². The predicted octanol–water partition coefficient (Wildman–Crippen LogP) is 4.96. The molecule has 3 aromatic carbocycles. The molecule has 0 aliphatic rings. The molecule has 0 aliphatic carbocycles. The van der Waals surface area contributed by atoms with Crippen LogP contribution in [-0.2, 0) is 27.4 Å². The molecule has 0 fully saturated rings. The second-order valence-electron chi connectivity index (χ2n) is 9.94. The van der Waals surface area contributed by atoms with Gasteiger partial charge in [-0.3, -0.25) is 14.9 Å². The fourth-order valence-corrected chi connectivity index (χ4v) is 4.77. The Kier molecular flexibility index (Phi) is 11.9. The Balaban J connectivity index is 0.000000273. The molecule has 2 heterocycles. The van der Waals surface area contributed by atoms with Crippen LogP contribution < -0.4 is 20.5 Å². The van der Waals surface area contributed by atoms with E-state index in [0.717, 1.165) is 28.6 Å². The van der Waals surface area contributed by atoms with Crippen LogP contribution in [0.2, 0.25) is 0 Å². The van der Waals surface area contributed by atoms with E-state index in [2.05, 4.69) is 15.3 Å². The van der Waals surface area contributed by atoms with Crippen LogP contribution in [0.3, 0.4) is 0 Å². The summed E-state index contributed by atoms with van der Waals surface area (Å²) in [7, 11) is 4.82. The minimum absolute atomic E-state index is 0.0435. The summed E-state index contributed by atoms with van der Waals surface area (Å²) in [6.07, 6.45) is 0.114. The normalized spacial score (nSPS) is 10.8. The topological polar surface area (TPSA) is 145 Å². The largest absolute Gasteiger partial charge is 0.493 e. The van der Waals surface area contributed by atoms with Gasteiger partial charge >= 0.3 is 0 Å². The number of anilines is 2. The second kappa shape index (κ2) is 16.2. The summed E-state index contributed by atoms with van der Waals surface area (Å²) in [6, 6.07) is 20.5. The number of rotatable bonds is 14. The molecule has 0 spiro atoms. The number of amides is 1. The molecule has 1 amide bonds. The molecule has 0 saturated heterocycles. The average Bonchev–Trinajstić information content (AvgIpc) is 3.57. The number of carbonyl (C=O) groups is 2. The quantitative estimate of drug-likeness (QED) is 0.165. The van der Waals surface area contributed by atoms with Crippen molar-refractivity contribution in [2.75, 3.05) is 52.2 Å². The molecule has 12 nitrogen and oxygen atoms in total. The highest BCUT2D eigenvalue weighted by Gasteiger charge is 2.16. The van der Waals surface area contributed by atoms with Crippen LogP contribution in [0.25, 0.3) is 22.1 Å². The number of nitrogens with two attached hydrogens (primary N) is 1. The fourth-order valence-electron chi connectivity index (χ4n) is 4.77. The third kappa shape index (κ3) is 8.37. The maximum Gasteiger partial charge on any atom is 0.227 e. The fraction of sp³-hybridized carbons (Fsp3) is 0.333. The molecule has 5 rings (SSSR count). The van der Waals surface area contributed by atoms with Gasteiger partial charge in [0.1, 0.15) is 0 Å². The van der Waals surface area contributed by atoms with E-state index >= 15 is 0 Å². The summed E-state index contributed by atoms with van der Waals surface area (Å²) in [6.45, 7) is 4.80. The van der Waals surface area contributed by atoms with Crippen LogP contribution in [0.1, 0.15) is 30.1 Å². The molecule has 0 saturated carbocycles. The van der Waals surface area contributed by atoms with E-state index < -0.39 is 0 Å². The van der Waals surface area contributed by atoms with Crippen LogP contribution in [-0.4, -0.2) is 71.9 Å². The number of ether oxygens (including phenoxy) is 4. The number of methoxy groups -OCH3 is 3. The molecule has 2 aromatic heterocycles. The van der Waals surface area contributed by atoms with Gasteiger partial charge in [0.25, 0.3) is 0 Å². The zero-order valence-corrected chi connectivity index (χ0v) is 26.1. The molecule has 0 unspecified atom stereocenters. The van der Waals surface area contributed by atoms with Crippen LogP contribution in [0.4, 0.5) is 11.9 Å². The Hall–Kier alpha value is -4.94. The van der Waals surface area contributed by atoms with Crippen LogP contribution in [0.15, 0.2) is 66.7 Å². The van der Waals surface area contributed by atoms with Gasteiger partial charge in [0.15, 0.2) is 17.3 Å². The Morgan fingerprint density at radius 1 is 0.800 bits per heavy atom. The van der Waals surface area contributed by atoms with Gasteiger partial charge in [0, 0.05) is 45.7 Å². The highest BCUT2D eigenvalue weighted by Crippen LogP contribution is 2.29. The van der Waals surface area contributed by atoms with Crippen molar-refractivity contribution < 1.29 is 28.5 Å². The third-order valence-corrected chi connectivity index (χ3v) is 6.99. The maximum atomic E-state index is 12.6. The average molecular weight is 617 g/mol. The Labute approximate surface area is 262 Å². The first-order valence-corrected chi connectivity index (χ1v) is 14.7. The zero-order chi connectivity index (χ0) is 32.2. The molecule has 12 heteroatoms. The lowest BCUT2D eigenvalue weighted by Crippen LogP contribution is -2.18. The summed E-state index contributed by atoms with van der Waals surface area (Å²) < 4.78 is 24.8. The number of hydrogen-bond acceptors (Lipinski definition) is 9. The van der Waals surface area contributed by atoms with Crippen molar-refractivity contribution in [1.82, 2.24) is 19.1 Å². The summed E-state index contributed by atoms with van der Waals surface area (Å²) >= 11 is 0. The molecule has 238 valence electrons. The van der Waals surface area contributed by atoms with Crippen molar-refractivity contribution in [2.45, 2.75) is 32.9 Å². The van der Waals surface area contributed by atoms with Crippen LogP contribution in [0.5, 0.6) is 11.5 Å². The number of Topliss-reactive ketones (excluding diaryl/α,β-unsaturated/α-hetero) is 1. The summed E-state index contributed by atoms with van der Waals surface area (Å²) in [5, 5.41) is 2.82. The summed E-state index contributed by atoms with van der Waals surface area (Å²) in [5.74, 6) is 1.63. The first-order chi connectivity index (χ1) is 21.9. The SMILES string of the molecule is CCOc1ccc(C(=O)CCC(=O)Nc2nc3ccccc3n2CCOC)cc1OC.COCCn1c(N)nc2ccccc21. The second-order valence-corrected chi connectivity index (χ2v) is 9.94. The Bertz CT molecular complexity index is 1730. The third-order valence-electron chi connectivity index (χ3n) is 6.99. The van der Waals surface area contributed by atoms with Crippen molar-refractivity contribution in [3.63, 3.8) is 0 Å². The van der Waals surface area contributed by atoms with E-state index in [-0.39, 0.29) is 24.5 Å². The highest BCUT2D eigenvalue weighted by molar-refractivity contribution is 6.00. The van der Waals surface area contributed by atoms with E-state index in [1.54, 1.807) is 32.4 Å². The number of carbonyl (C=O) groups excluding carboxylic acids is 2. The molecular formula is C33H40N6O6. The van der Waals surface area contributed by atoms with Crippen molar-refractivity contribution in [3.8, 4) is 11.5 Å². The van der Waals surface area contributed by atoms with Gasteiger partial charge < -0.3 is 33.8 Å². The van der Waals surface area contributed by atoms with E-state index in [4.69, 9.17) is 24.7 Å². The van der Waals surface area contributed by atoms with Gasteiger partial charge in [0.05, 0.1) is 49.0 Å². The van der Waals surface area contributed by atoms with Crippen LogP contribution >= 0.6 is 0 Å². The monoisotopic (exact) mass is 616 g/mol. The molecule has 0 bridgehead atoms. The lowest BCUT2D eigenvalue weighted by Gasteiger charge is -2.11. The number of imidazole rings is 2. The molecule has 5 aromatic rings. The number of fused-ring (bicyclic) bond motifs is 2. The van der Waals surface area contributed by atoms with Crippen molar-refractivity contribution in [3.05, 3.63) is 72.3 Å². The minimum Gasteiger partial charge on any atom is -0.493 e. The summed E-state index contributed by atoms with van der Waals surface area (Å²) in [4.78, 5) is 33.8. The number of benzene rings is 3. The first kappa shape index (κ1) is 33.0. The van der Waals surface area contributed by atoms with E-state index in [0.29, 0.717) is 55.3 Å².